The average Bonchev–Trinajstić information content (AvgIpc) is 0.903. The van der Waals surface area contributed by atoms with E-state index < -0.39 is 97.5 Å². The van der Waals surface area contributed by atoms with Gasteiger partial charge in [-0.1, -0.05) is 399 Å². The van der Waals surface area contributed by atoms with E-state index in [1.807, 2.05) is 0 Å². The number of hydrogen-bond acceptors (Lipinski definition) is 15. The lowest BCUT2D eigenvalue weighted by molar-refractivity contribution is -0.161. The molecule has 0 aromatic rings. The normalized spacial score (nSPS) is 13.9. The second-order valence-electron chi connectivity index (χ2n) is 31.4. The Hall–Kier alpha value is -2.46. The molecular formula is C88H168O17P2. The lowest BCUT2D eigenvalue weighted by Gasteiger charge is -2.21. The Labute approximate surface area is 656 Å². The Balaban J connectivity index is 5.25. The number of hydrogen-bond donors (Lipinski definition) is 3. The summed E-state index contributed by atoms with van der Waals surface area (Å²) in [6.07, 6.45) is 77.2. The van der Waals surface area contributed by atoms with Crippen LogP contribution in [0.4, 0.5) is 0 Å². The van der Waals surface area contributed by atoms with Gasteiger partial charge in [0.05, 0.1) is 26.4 Å². The van der Waals surface area contributed by atoms with E-state index >= 15 is 0 Å². The quantitative estimate of drug-likeness (QED) is 0.0169. The third-order valence-electron chi connectivity index (χ3n) is 20.2. The molecule has 0 saturated heterocycles. The first-order valence-corrected chi connectivity index (χ1v) is 47.9. The van der Waals surface area contributed by atoms with Crippen LogP contribution < -0.4 is 0 Å². The summed E-state index contributed by atoms with van der Waals surface area (Å²) >= 11 is 0. The highest BCUT2D eigenvalue weighted by molar-refractivity contribution is 7.47. The van der Waals surface area contributed by atoms with Crippen molar-refractivity contribution in [3.63, 3.8) is 0 Å². The van der Waals surface area contributed by atoms with Gasteiger partial charge in [-0.05, 0) is 57.3 Å². The van der Waals surface area contributed by atoms with Gasteiger partial charge in [-0.2, -0.15) is 0 Å². The Morgan fingerprint density at radius 3 is 0.766 bits per heavy atom. The predicted molar refractivity (Wildman–Crippen MR) is 441 cm³/mol. The van der Waals surface area contributed by atoms with Gasteiger partial charge in [0.2, 0.25) is 0 Å². The smallest absolute Gasteiger partial charge is 0.462 e. The van der Waals surface area contributed by atoms with E-state index in [9.17, 15) is 43.2 Å². The van der Waals surface area contributed by atoms with E-state index in [2.05, 4.69) is 58.9 Å². The molecule has 19 heteroatoms. The molecule has 632 valence electrons. The Kier molecular flexibility index (Phi) is 78.3. The molecule has 0 aliphatic heterocycles. The number of aliphatic hydroxyl groups is 1. The number of unbranched alkanes of at least 4 members (excludes halogenated alkanes) is 55. The fourth-order valence-electron chi connectivity index (χ4n) is 13.3. The number of aliphatic hydroxyl groups excluding tert-OH is 1. The first-order valence-electron chi connectivity index (χ1n) is 45.0. The van der Waals surface area contributed by atoms with Crippen LogP contribution in [0.25, 0.3) is 0 Å². The van der Waals surface area contributed by atoms with Crippen molar-refractivity contribution >= 4 is 39.5 Å². The number of carbonyl (C=O) groups excluding carboxylic acids is 4. The van der Waals surface area contributed by atoms with Crippen LogP contribution in [-0.4, -0.2) is 96.7 Å². The molecule has 17 nitrogen and oxygen atoms in total. The van der Waals surface area contributed by atoms with Crippen LogP contribution in [0.1, 0.15) is 452 Å². The molecule has 0 radical (unpaired) electrons. The first kappa shape index (κ1) is 105. The average molecular weight is 1560 g/mol. The van der Waals surface area contributed by atoms with Gasteiger partial charge in [0.15, 0.2) is 12.2 Å². The maximum Gasteiger partial charge on any atom is 0.472 e. The van der Waals surface area contributed by atoms with Crippen LogP contribution >= 0.6 is 15.6 Å². The molecule has 0 saturated carbocycles. The standard InChI is InChI=1S/C88H168O17P2/c1-6-9-12-15-18-21-24-26-28-29-30-31-32-33-34-40-44-49-54-59-64-69-74-88(93)105-84(78-99-86(91)72-67-62-57-52-47-42-39-36-35-38-41-46-50-55-60-65-70-81(4)5)80-103-107(96,97)101-76-82(89)75-100-106(94,95)102-79-83(77-98-85(90)71-66-61-56-51-45-23-20-17-14-11-8-3)104-87(92)73-68-63-58-53-48-43-37-27-25-22-19-16-13-10-7-2/h22,25,27,37,81-84,89H,6-21,23-24,26,28-36,38-80H2,1-5H3,(H,94,95)(H,96,97)/b25-22-,37-27-/t82-,83+,84+/m0/s1. The molecule has 107 heavy (non-hydrogen) atoms. The highest BCUT2D eigenvalue weighted by Crippen LogP contribution is 2.45. The molecule has 0 aliphatic carbocycles. The van der Waals surface area contributed by atoms with Crippen molar-refractivity contribution in [3.8, 4) is 0 Å². The molecule has 5 atom stereocenters. The third-order valence-corrected chi connectivity index (χ3v) is 22.1. The molecule has 0 heterocycles. The minimum absolute atomic E-state index is 0.0858. The van der Waals surface area contributed by atoms with Gasteiger partial charge in [0.25, 0.3) is 0 Å². The number of allylic oxidation sites excluding steroid dienone is 4. The van der Waals surface area contributed by atoms with Gasteiger partial charge in [-0.15, -0.1) is 0 Å². The van der Waals surface area contributed by atoms with Crippen LogP contribution in [0.2, 0.25) is 0 Å². The molecule has 2 unspecified atom stereocenters. The summed E-state index contributed by atoms with van der Waals surface area (Å²) in [5, 5.41) is 10.7. The molecule has 0 aromatic carbocycles. The predicted octanol–water partition coefficient (Wildman–Crippen LogP) is 26.7. The Bertz CT molecular complexity index is 2130. The largest absolute Gasteiger partial charge is 0.472 e. The molecule has 0 spiro atoms. The number of carbonyl (C=O) groups is 4. The Morgan fingerprint density at radius 1 is 0.290 bits per heavy atom. The van der Waals surface area contributed by atoms with Crippen LogP contribution in [0.5, 0.6) is 0 Å². The van der Waals surface area contributed by atoms with E-state index in [0.717, 1.165) is 109 Å². The number of esters is 4. The fraction of sp³-hybridized carbons (Fsp3) is 0.909. The van der Waals surface area contributed by atoms with Crippen LogP contribution in [-0.2, 0) is 65.4 Å². The minimum atomic E-state index is -4.97. The summed E-state index contributed by atoms with van der Waals surface area (Å²) in [5.41, 5.74) is 0. The molecule has 3 N–H and O–H groups in total. The van der Waals surface area contributed by atoms with Crippen molar-refractivity contribution in [3.05, 3.63) is 24.3 Å². The fourth-order valence-corrected chi connectivity index (χ4v) is 14.9. The van der Waals surface area contributed by atoms with Gasteiger partial charge in [0.1, 0.15) is 19.3 Å². The minimum Gasteiger partial charge on any atom is -0.462 e. The van der Waals surface area contributed by atoms with E-state index in [1.165, 1.54) is 263 Å². The zero-order valence-corrected chi connectivity index (χ0v) is 71.6. The monoisotopic (exact) mass is 1560 g/mol. The third kappa shape index (κ3) is 81.4. The Morgan fingerprint density at radius 2 is 0.505 bits per heavy atom. The molecule has 0 bridgehead atoms. The van der Waals surface area contributed by atoms with Crippen LogP contribution in [0.15, 0.2) is 24.3 Å². The second kappa shape index (κ2) is 80.2. The summed E-state index contributed by atoms with van der Waals surface area (Å²) in [5.74, 6) is -1.32. The molecule has 0 aromatic heterocycles. The summed E-state index contributed by atoms with van der Waals surface area (Å²) in [7, 11) is -9.94. The number of ether oxygens (including phenoxy) is 4. The molecule has 0 aliphatic rings. The van der Waals surface area contributed by atoms with Gasteiger partial charge >= 0.3 is 39.5 Å². The first-order chi connectivity index (χ1) is 52.0. The zero-order chi connectivity index (χ0) is 78.3. The molecule has 0 amide bonds. The van der Waals surface area contributed by atoms with Crippen molar-refractivity contribution in [2.45, 2.75) is 470 Å². The van der Waals surface area contributed by atoms with Crippen LogP contribution in [0.3, 0.4) is 0 Å². The second-order valence-corrected chi connectivity index (χ2v) is 34.3. The number of phosphoric ester groups is 2. The maximum absolute atomic E-state index is 13.2. The van der Waals surface area contributed by atoms with E-state index in [-0.39, 0.29) is 25.7 Å². The lowest BCUT2D eigenvalue weighted by atomic mass is 10.0. The number of phosphoric acid groups is 2. The maximum atomic E-state index is 13.2. The highest BCUT2D eigenvalue weighted by atomic mass is 31.2. The number of rotatable bonds is 86. The molecule has 0 rings (SSSR count). The molecule has 0 fully saturated rings. The van der Waals surface area contributed by atoms with Crippen molar-refractivity contribution in [1.29, 1.82) is 0 Å². The van der Waals surface area contributed by atoms with Gasteiger partial charge in [-0.25, -0.2) is 9.13 Å². The highest BCUT2D eigenvalue weighted by Gasteiger charge is 2.30. The van der Waals surface area contributed by atoms with Crippen molar-refractivity contribution in [2.75, 3.05) is 39.6 Å². The van der Waals surface area contributed by atoms with E-state index in [1.54, 1.807) is 0 Å². The van der Waals surface area contributed by atoms with E-state index in [4.69, 9.17) is 37.0 Å². The summed E-state index contributed by atoms with van der Waals surface area (Å²) < 4.78 is 68.9. The van der Waals surface area contributed by atoms with Crippen LogP contribution in [0, 0.1) is 5.92 Å². The summed E-state index contributed by atoms with van der Waals surface area (Å²) in [6.45, 7) is 7.33. The SMILES string of the molecule is CCCCCC/C=C\C=C/CCCCCCCC(=O)O[C@H](COC(=O)CCCCCCCCCCCCC)COP(=O)(O)OC[C@H](O)COP(=O)(O)OC[C@@H](COC(=O)CCCCCCCCCCCCCCCCCCC(C)C)OC(=O)CCCCCCCCCCCCCCCCCCCCCCCC. The topological polar surface area (TPSA) is 237 Å². The van der Waals surface area contributed by atoms with Crippen molar-refractivity contribution in [1.82, 2.24) is 0 Å². The summed E-state index contributed by atoms with van der Waals surface area (Å²) in [4.78, 5) is 73.2. The molecular weight excluding hydrogens is 1390 g/mol. The van der Waals surface area contributed by atoms with E-state index in [0.29, 0.717) is 25.7 Å². The van der Waals surface area contributed by atoms with Crippen molar-refractivity contribution < 1.29 is 80.2 Å². The summed E-state index contributed by atoms with van der Waals surface area (Å²) in [6, 6.07) is 0. The van der Waals surface area contributed by atoms with Gasteiger partial charge in [-0.3, -0.25) is 37.3 Å². The lowest BCUT2D eigenvalue weighted by Crippen LogP contribution is -2.30. The van der Waals surface area contributed by atoms with Gasteiger partial charge in [0, 0.05) is 25.7 Å². The van der Waals surface area contributed by atoms with Crippen molar-refractivity contribution in [2.24, 2.45) is 5.92 Å². The van der Waals surface area contributed by atoms with Gasteiger partial charge < -0.3 is 33.8 Å². The zero-order valence-electron chi connectivity index (χ0n) is 69.8.